The molecule has 21 heavy (non-hydrogen) atoms. The average Bonchev–Trinajstić information content (AvgIpc) is 3.24. The molecule has 4 rings (SSSR count). The quantitative estimate of drug-likeness (QED) is 0.936. The average molecular weight is 285 g/mol. The molecule has 0 radical (unpaired) electrons. The van der Waals surface area contributed by atoms with E-state index in [9.17, 15) is 0 Å². The predicted molar refractivity (Wildman–Crippen MR) is 77.1 cm³/mol. The van der Waals surface area contributed by atoms with Crippen LogP contribution in [-0.2, 0) is 11.2 Å². The van der Waals surface area contributed by atoms with E-state index in [1.165, 1.54) is 11.1 Å². The number of ether oxygens (including phenoxy) is 1. The largest absolute Gasteiger partial charge is 0.380 e. The first-order valence-electron chi connectivity index (χ1n) is 7.52. The summed E-state index contributed by atoms with van der Waals surface area (Å²) in [6.07, 6.45) is 3.28. The molecule has 2 aromatic rings. The first-order chi connectivity index (χ1) is 10.3. The van der Waals surface area contributed by atoms with Crippen molar-refractivity contribution in [2.45, 2.75) is 37.3 Å². The number of hydrogen-bond acceptors (Lipinski definition) is 5. The summed E-state index contributed by atoms with van der Waals surface area (Å²) in [5, 5.41) is 7.60. The van der Waals surface area contributed by atoms with Gasteiger partial charge in [-0.05, 0) is 30.4 Å². The second-order valence-corrected chi connectivity index (χ2v) is 5.84. The molecule has 5 nitrogen and oxygen atoms in total. The lowest BCUT2D eigenvalue weighted by Crippen LogP contribution is -2.16. The van der Waals surface area contributed by atoms with E-state index in [0.29, 0.717) is 5.89 Å². The van der Waals surface area contributed by atoms with Gasteiger partial charge in [0.2, 0.25) is 5.89 Å². The van der Waals surface area contributed by atoms with Crippen molar-refractivity contribution in [3.05, 3.63) is 47.1 Å². The van der Waals surface area contributed by atoms with Crippen LogP contribution in [0.25, 0.3) is 0 Å². The highest BCUT2D eigenvalue weighted by Crippen LogP contribution is 2.37. The Morgan fingerprint density at radius 2 is 2.24 bits per heavy atom. The van der Waals surface area contributed by atoms with Gasteiger partial charge in [-0.15, -0.1) is 0 Å². The molecule has 0 saturated carbocycles. The standard InChI is InChI=1S/C16H19N3O2/c1-20-11-8-14(17-9-11)16-18-15(19-21-16)13-7-6-10-4-2-3-5-12(10)13/h2-5,11,13-14,17H,6-9H2,1H3/t11-,13?,14+/m0/s1. The number of nitrogens with one attached hydrogen (secondary N) is 1. The minimum absolute atomic E-state index is 0.118. The Hall–Kier alpha value is -1.72. The third kappa shape index (κ3) is 2.26. The van der Waals surface area contributed by atoms with Gasteiger partial charge in [-0.3, -0.25) is 0 Å². The maximum atomic E-state index is 5.49. The molecule has 1 saturated heterocycles. The van der Waals surface area contributed by atoms with Crippen LogP contribution in [0.1, 0.15) is 47.6 Å². The number of benzene rings is 1. The van der Waals surface area contributed by atoms with Gasteiger partial charge in [-0.1, -0.05) is 29.4 Å². The van der Waals surface area contributed by atoms with Gasteiger partial charge in [0.15, 0.2) is 5.82 Å². The molecule has 1 aromatic heterocycles. The fourth-order valence-electron chi connectivity index (χ4n) is 3.43. The zero-order valence-corrected chi connectivity index (χ0v) is 12.1. The fraction of sp³-hybridized carbons (Fsp3) is 0.500. The lowest BCUT2D eigenvalue weighted by atomic mass is 10.0. The summed E-state index contributed by atoms with van der Waals surface area (Å²) >= 11 is 0. The van der Waals surface area contributed by atoms with Gasteiger partial charge in [-0.2, -0.15) is 4.98 Å². The van der Waals surface area contributed by atoms with E-state index >= 15 is 0 Å². The fourth-order valence-corrected chi connectivity index (χ4v) is 3.43. The van der Waals surface area contributed by atoms with Crippen molar-refractivity contribution < 1.29 is 9.26 Å². The smallest absolute Gasteiger partial charge is 0.243 e. The lowest BCUT2D eigenvalue weighted by molar-refractivity contribution is 0.116. The summed E-state index contributed by atoms with van der Waals surface area (Å²) in [5.41, 5.74) is 2.76. The molecule has 110 valence electrons. The molecule has 0 bridgehead atoms. The molecular formula is C16H19N3O2. The van der Waals surface area contributed by atoms with Crippen LogP contribution in [0.4, 0.5) is 0 Å². The molecule has 0 amide bonds. The van der Waals surface area contributed by atoms with E-state index in [-0.39, 0.29) is 18.1 Å². The summed E-state index contributed by atoms with van der Waals surface area (Å²) in [4.78, 5) is 4.65. The third-order valence-corrected chi connectivity index (χ3v) is 4.62. The van der Waals surface area contributed by atoms with E-state index in [1.54, 1.807) is 7.11 Å². The van der Waals surface area contributed by atoms with Crippen LogP contribution in [-0.4, -0.2) is 29.9 Å². The Kier molecular flexibility index (Phi) is 3.24. The molecule has 1 unspecified atom stereocenters. The van der Waals surface area contributed by atoms with Gasteiger partial charge in [-0.25, -0.2) is 0 Å². The van der Waals surface area contributed by atoms with Gasteiger partial charge in [0.1, 0.15) is 0 Å². The molecule has 1 aliphatic heterocycles. The Morgan fingerprint density at radius 3 is 3.10 bits per heavy atom. The van der Waals surface area contributed by atoms with E-state index in [1.807, 2.05) is 0 Å². The first kappa shape index (κ1) is 13.0. The van der Waals surface area contributed by atoms with Crippen molar-refractivity contribution in [3.8, 4) is 0 Å². The van der Waals surface area contributed by atoms with Gasteiger partial charge < -0.3 is 14.6 Å². The Labute approximate surface area is 123 Å². The number of rotatable bonds is 3. The first-order valence-corrected chi connectivity index (χ1v) is 7.52. The van der Waals surface area contributed by atoms with E-state index in [2.05, 4.69) is 39.7 Å². The minimum Gasteiger partial charge on any atom is -0.380 e. The van der Waals surface area contributed by atoms with Crippen LogP contribution < -0.4 is 5.32 Å². The molecule has 1 N–H and O–H groups in total. The highest BCUT2D eigenvalue weighted by molar-refractivity contribution is 5.38. The highest BCUT2D eigenvalue weighted by atomic mass is 16.5. The zero-order valence-electron chi connectivity index (χ0n) is 12.1. The number of nitrogens with zero attached hydrogens (tertiary/aromatic N) is 2. The van der Waals surface area contributed by atoms with E-state index in [4.69, 9.17) is 9.26 Å². The van der Waals surface area contributed by atoms with E-state index in [0.717, 1.165) is 31.6 Å². The van der Waals surface area contributed by atoms with Gasteiger partial charge >= 0.3 is 0 Å². The normalized spacial score (nSPS) is 28.0. The van der Waals surface area contributed by atoms with Crippen molar-refractivity contribution in [3.63, 3.8) is 0 Å². The van der Waals surface area contributed by atoms with Gasteiger partial charge in [0.05, 0.1) is 12.1 Å². The topological polar surface area (TPSA) is 60.2 Å². The van der Waals surface area contributed by atoms with Crippen LogP contribution in [0.5, 0.6) is 0 Å². The second kappa shape index (κ2) is 5.24. The van der Waals surface area contributed by atoms with Crippen molar-refractivity contribution in [1.29, 1.82) is 0 Å². The summed E-state index contributed by atoms with van der Waals surface area (Å²) < 4.78 is 10.9. The molecular weight excluding hydrogens is 266 g/mol. The molecule has 0 spiro atoms. The van der Waals surface area contributed by atoms with Crippen LogP contribution in [0, 0.1) is 0 Å². The maximum absolute atomic E-state index is 5.49. The van der Waals surface area contributed by atoms with E-state index < -0.39 is 0 Å². The maximum Gasteiger partial charge on any atom is 0.243 e. The van der Waals surface area contributed by atoms with Crippen molar-refractivity contribution in [2.75, 3.05) is 13.7 Å². The third-order valence-electron chi connectivity index (χ3n) is 4.62. The lowest BCUT2D eigenvalue weighted by Gasteiger charge is -2.06. The summed E-state index contributed by atoms with van der Waals surface area (Å²) in [6.45, 7) is 0.838. The minimum atomic E-state index is 0.118. The molecule has 1 fully saturated rings. The summed E-state index contributed by atoms with van der Waals surface area (Å²) in [6, 6.07) is 8.67. The Morgan fingerprint density at radius 1 is 1.33 bits per heavy atom. The number of hydrogen-bond donors (Lipinski definition) is 1. The predicted octanol–water partition coefficient (Wildman–Crippen LogP) is 2.20. The van der Waals surface area contributed by atoms with Crippen molar-refractivity contribution in [2.24, 2.45) is 0 Å². The highest BCUT2D eigenvalue weighted by Gasteiger charge is 2.32. The molecule has 5 heteroatoms. The van der Waals surface area contributed by atoms with Crippen LogP contribution in [0.2, 0.25) is 0 Å². The number of aryl methyl sites for hydroxylation is 1. The van der Waals surface area contributed by atoms with Gasteiger partial charge in [0.25, 0.3) is 0 Å². The number of aromatic nitrogens is 2. The van der Waals surface area contributed by atoms with Gasteiger partial charge in [0, 0.05) is 19.6 Å². The zero-order chi connectivity index (χ0) is 14.2. The molecule has 3 atom stereocenters. The molecule has 1 aliphatic carbocycles. The van der Waals surface area contributed by atoms with Crippen LogP contribution in [0.15, 0.2) is 28.8 Å². The van der Waals surface area contributed by atoms with Crippen LogP contribution >= 0.6 is 0 Å². The Bertz CT molecular complexity index is 640. The SMILES string of the molecule is CO[C@@H]1CN[C@@H](c2nc(C3CCc4ccccc43)no2)C1. The summed E-state index contributed by atoms with van der Waals surface area (Å²) in [5.74, 6) is 1.78. The molecule has 1 aromatic carbocycles. The number of fused-ring (bicyclic) bond motifs is 1. The van der Waals surface area contributed by atoms with Crippen LogP contribution in [0.3, 0.4) is 0 Å². The van der Waals surface area contributed by atoms with Crippen molar-refractivity contribution >= 4 is 0 Å². The number of methoxy groups -OCH3 is 1. The second-order valence-electron chi connectivity index (χ2n) is 5.84. The monoisotopic (exact) mass is 285 g/mol. The van der Waals surface area contributed by atoms with Crippen molar-refractivity contribution in [1.82, 2.24) is 15.5 Å². The summed E-state index contributed by atoms with van der Waals surface area (Å²) in [7, 11) is 1.74. The molecule has 2 heterocycles. The molecule has 2 aliphatic rings. The Balaban J connectivity index is 1.56.